The summed E-state index contributed by atoms with van der Waals surface area (Å²) in [7, 11) is 1.41. The summed E-state index contributed by atoms with van der Waals surface area (Å²) >= 11 is 0. The van der Waals surface area contributed by atoms with E-state index in [1.807, 2.05) is 0 Å². The third-order valence-electron chi connectivity index (χ3n) is 3.01. The molecule has 0 aliphatic heterocycles. The van der Waals surface area contributed by atoms with Crippen LogP contribution in [0.5, 0.6) is 0 Å². The van der Waals surface area contributed by atoms with Gasteiger partial charge in [0, 0.05) is 19.2 Å². The summed E-state index contributed by atoms with van der Waals surface area (Å²) in [5.41, 5.74) is -0.974. The molecule has 8 heteroatoms. The third kappa shape index (κ3) is 1.82. The Hall–Kier alpha value is -2.77. The maximum absolute atomic E-state index is 11.5. The zero-order chi connectivity index (χ0) is 14.3. The molecule has 1 heterocycles. The van der Waals surface area contributed by atoms with Crippen LogP contribution in [-0.4, -0.2) is 14.4 Å². The molecule has 1 aromatic heterocycles. The van der Waals surface area contributed by atoms with Gasteiger partial charge in [0.25, 0.3) is 16.9 Å². The van der Waals surface area contributed by atoms with Crippen molar-refractivity contribution in [1.29, 1.82) is 0 Å². The van der Waals surface area contributed by atoms with Crippen LogP contribution in [0.1, 0.15) is 5.56 Å². The standard InChI is InChI=1S/C11H9N3O5/c1-6-8(13(16)17)5-9-7(11(6)14(18)19)3-4-10(15)12(9)2/h3-5H,1-2H3. The number of hydrogen-bond donors (Lipinski definition) is 0. The summed E-state index contributed by atoms with van der Waals surface area (Å²) in [5.74, 6) is 0. The zero-order valence-electron chi connectivity index (χ0n) is 10.1. The first-order valence-corrected chi connectivity index (χ1v) is 5.26. The van der Waals surface area contributed by atoms with Crippen LogP contribution >= 0.6 is 0 Å². The number of rotatable bonds is 2. The number of nitro groups is 2. The average molecular weight is 263 g/mol. The van der Waals surface area contributed by atoms with Crippen molar-refractivity contribution in [1.82, 2.24) is 4.57 Å². The van der Waals surface area contributed by atoms with Crippen molar-refractivity contribution in [2.75, 3.05) is 0 Å². The lowest BCUT2D eigenvalue weighted by Crippen LogP contribution is -2.16. The largest absolute Gasteiger partial charge is 0.311 e. The van der Waals surface area contributed by atoms with Gasteiger partial charge >= 0.3 is 0 Å². The van der Waals surface area contributed by atoms with Crippen molar-refractivity contribution in [3.8, 4) is 0 Å². The van der Waals surface area contributed by atoms with Crippen molar-refractivity contribution in [3.05, 3.63) is 54.3 Å². The van der Waals surface area contributed by atoms with E-state index in [-0.39, 0.29) is 33.4 Å². The quantitative estimate of drug-likeness (QED) is 0.604. The second kappa shape index (κ2) is 4.16. The van der Waals surface area contributed by atoms with Crippen molar-refractivity contribution in [3.63, 3.8) is 0 Å². The van der Waals surface area contributed by atoms with E-state index in [1.165, 1.54) is 32.2 Å². The van der Waals surface area contributed by atoms with Gasteiger partial charge in [0.05, 0.1) is 20.7 Å². The highest BCUT2D eigenvalue weighted by atomic mass is 16.6. The Morgan fingerprint density at radius 2 is 1.79 bits per heavy atom. The molecule has 0 spiro atoms. The lowest BCUT2D eigenvalue weighted by molar-refractivity contribution is -0.394. The van der Waals surface area contributed by atoms with Crippen LogP contribution in [0.4, 0.5) is 11.4 Å². The fourth-order valence-corrected chi connectivity index (χ4v) is 2.01. The van der Waals surface area contributed by atoms with Crippen molar-refractivity contribution < 1.29 is 9.85 Å². The molecule has 0 bridgehead atoms. The monoisotopic (exact) mass is 263 g/mol. The second-order valence-electron chi connectivity index (χ2n) is 4.05. The predicted octanol–water partition coefficient (Wildman–Crippen LogP) is 1.66. The van der Waals surface area contributed by atoms with E-state index in [0.717, 1.165) is 4.57 Å². The van der Waals surface area contributed by atoms with Crippen molar-refractivity contribution >= 4 is 22.3 Å². The minimum absolute atomic E-state index is 0.0267. The van der Waals surface area contributed by atoms with E-state index >= 15 is 0 Å². The SMILES string of the molecule is Cc1c([N+](=O)[O-])cc2c(ccc(=O)n2C)c1[N+](=O)[O-]. The van der Waals surface area contributed by atoms with Crippen LogP contribution in [0.15, 0.2) is 23.0 Å². The Balaban J connectivity index is 3.09. The molecule has 98 valence electrons. The predicted molar refractivity (Wildman–Crippen MR) is 67.2 cm³/mol. The molecule has 0 atom stereocenters. The Labute approximate surface area is 106 Å². The highest BCUT2D eigenvalue weighted by Gasteiger charge is 2.26. The molecule has 2 aromatic rings. The van der Waals surface area contributed by atoms with Crippen LogP contribution in [0.2, 0.25) is 0 Å². The molecule has 0 N–H and O–H groups in total. The van der Waals surface area contributed by atoms with Gasteiger partial charge in [-0.25, -0.2) is 0 Å². The Morgan fingerprint density at radius 3 is 2.32 bits per heavy atom. The topological polar surface area (TPSA) is 108 Å². The summed E-state index contributed by atoms with van der Waals surface area (Å²) < 4.78 is 1.15. The lowest BCUT2D eigenvalue weighted by Gasteiger charge is -2.07. The number of benzene rings is 1. The van der Waals surface area contributed by atoms with Gasteiger partial charge in [0.15, 0.2) is 0 Å². The molecule has 0 aliphatic carbocycles. The normalized spacial score (nSPS) is 10.6. The van der Waals surface area contributed by atoms with Crippen molar-refractivity contribution in [2.24, 2.45) is 7.05 Å². The molecular formula is C11H9N3O5. The first kappa shape index (κ1) is 12.7. The van der Waals surface area contributed by atoms with Crippen LogP contribution < -0.4 is 5.56 Å². The summed E-state index contributed by atoms with van der Waals surface area (Å²) in [4.78, 5) is 32.2. The maximum Gasteiger partial charge on any atom is 0.288 e. The minimum Gasteiger partial charge on any atom is -0.311 e. The second-order valence-corrected chi connectivity index (χ2v) is 4.05. The molecular weight excluding hydrogens is 254 g/mol. The Bertz CT molecular complexity index is 778. The summed E-state index contributed by atoms with van der Waals surface area (Å²) in [6.07, 6.45) is 0. The number of fused-ring (bicyclic) bond motifs is 1. The van der Waals surface area contributed by atoms with E-state index in [2.05, 4.69) is 0 Å². The number of hydrogen-bond acceptors (Lipinski definition) is 5. The van der Waals surface area contributed by atoms with Crippen LogP contribution in [0.25, 0.3) is 10.9 Å². The van der Waals surface area contributed by atoms with Gasteiger partial charge in [-0.3, -0.25) is 25.0 Å². The van der Waals surface area contributed by atoms with E-state index < -0.39 is 9.85 Å². The molecule has 0 amide bonds. The number of pyridine rings is 1. The summed E-state index contributed by atoms with van der Waals surface area (Å²) in [5, 5.41) is 22.2. The number of nitro benzene ring substituents is 2. The van der Waals surface area contributed by atoms with E-state index in [1.54, 1.807) is 0 Å². The van der Waals surface area contributed by atoms with Gasteiger partial charge in [-0.05, 0) is 13.0 Å². The zero-order valence-corrected chi connectivity index (χ0v) is 10.1. The smallest absolute Gasteiger partial charge is 0.288 e. The summed E-state index contributed by atoms with van der Waals surface area (Å²) in [6.45, 7) is 1.32. The highest BCUT2D eigenvalue weighted by Crippen LogP contribution is 2.34. The van der Waals surface area contributed by atoms with Crippen LogP contribution in [-0.2, 0) is 7.05 Å². The van der Waals surface area contributed by atoms with E-state index in [4.69, 9.17) is 0 Å². The number of nitrogens with zero attached hydrogens (tertiary/aromatic N) is 3. The fourth-order valence-electron chi connectivity index (χ4n) is 2.01. The first-order chi connectivity index (χ1) is 8.84. The maximum atomic E-state index is 11.5. The molecule has 0 radical (unpaired) electrons. The molecule has 0 aliphatic rings. The molecule has 19 heavy (non-hydrogen) atoms. The molecule has 0 fully saturated rings. The molecule has 0 unspecified atom stereocenters. The molecule has 8 nitrogen and oxygen atoms in total. The number of aromatic nitrogens is 1. The molecule has 0 saturated carbocycles. The summed E-state index contributed by atoms with van der Waals surface area (Å²) in [6, 6.07) is 3.69. The highest BCUT2D eigenvalue weighted by molar-refractivity contribution is 5.92. The van der Waals surface area contributed by atoms with Gasteiger partial charge in [0.2, 0.25) is 0 Å². The van der Waals surface area contributed by atoms with Crippen LogP contribution in [0.3, 0.4) is 0 Å². The van der Waals surface area contributed by atoms with Gasteiger partial charge in [-0.1, -0.05) is 0 Å². The Morgan fingerprint density at radius 1 is 1.16 bits per heavy atom. The molecule has 2 rings (SSSR count). The van der Waals surface area contributed by atoms with Gasteiger partial charge in [-0.15, -0.1) is 0 Å². The average Bonchev–Trinajstić information content (AvgIpc) is 2.32. The molecule has 1 aromatic carbocycles. The third-order valence-corrected chi connectivity index (χ3v) is 3.01. The number of aryl methyl sites for hydroxylation is 1. The fraction of sp³-hybridized carbons (Fsp3) is 0.182. The van der Waals surface area contributed by atoms with Crippen LogP contribution in [0, 0.1) is 27.2 Å². The minimum atomic E-state index is -0.695. The first-order valence-electron chi connectivity index (χ1n) is 5.26. The molecule has 0 saturated heterocycles. The van der Waals surface area contributed by atoms with Gasteiger partial charge < -0.3 is 4.57 Å². The van der Waals surface area contributed by atoms with E-state index in [0.29, 0.717) is 0 Å². The van der Waals surface area contributed by atoms with Gasteiger partial charge in [-0.2, -0.15) is 0 Å². The van der Waals surface area contributed by atoms with Crippen molar-refractivity contribution in [2.45, 2.75) is 6.92 Å². The Kier molecular flexibility index (Phi) is 2.78. The lowest BCUT2D eigenvalue weighted by atomic mass is 10.1. The van der Waals surface area contributed by atoms with E-state index in [9.17, 15) is 25.0 Å². The van der Waals surface area contributed by atoms with Gasteiger partial charge in [0.1, 0.15) is 5.56 Å².